The Kier molecular flexibility index (Phi) is 4.10. The Morgan fingerprint density at radius 3 is 2.73 bits per heavy atom. The van der Waals surface area contributed by atoms with Gasteiger partial charge < -0.3 is 14.7 Å². The van der Waals surface area contributed by atoms with Crippen LogP contribution >= 0.6 is 11.6 Å². The second kappa shape index (κ2) is 5.89. The number of rotatable bonds is 2. The number of esters is 1. The molecule has 22 heavy (non-hydrogen) atoms. The van der Waals surface area contributed by atoms with Crippen molar-refractivity contribution < 1.29 is 19.4 Å². The van der Waals surface area contributed by atoms with Gasteiger partial charge in [0.1, 0.15) is 5.92 Å². The lowest BCUT2D eigenvalue weighted by atomic mass is 9.87. The van der Waals surface area contributed by atoms with E-state index in [4.69, 9.17) is 16.3 Å². The standard InChI is InChI=1S/C16H18ClNO4/c1-22-16(21)14-12-7-6-9(8-13(14)19)18(12)15(20)10-4-2-3-5-11(10)17/h2-5,9,12-14,19H,6-8H2,1H3. The fourth-order valence-electron chi connectivity index (χ4n) is 3.72. The molecule has 0 saturated carbocycles. The van der Waals surface area contributed by atoms with Gasteiger partial charge in [-0.1, -0.05) is 23.7 Å². The van der Waals surface area contributed by atoms with Crippen LogP contribution in [0.25, 0.3) is 0 Å². The highest BCUT2D eigenvalue weighted by molar-refractivity contribution is 6.33. The van der Waals surface area contributed by atoms with Crippen molar-refractivity contribution >= 4 is 23.5 Å². The minimum Gasteiger partial charge on any atom is -0.469 e. The Labute approximate surface area is 133 Å². The molecule has 4 unspecified atom stereocenters. The van der Waals surface area contributed by atoms with Crippen molar-refractivity contribution in [1.82, 2.24) is 4.90 Å². The van der Waals surface area contributed by atoms with Gasteiger partial charge in [0.15, 0.2) is 0 Å². The van der Waals surface area contributed by atoms with Crippen LogP contribution in [-0.2, 0) is 9.53 Å². The molecule has 0 aromatic heterocycles. The van der Waals surface area contributed by atoms with Crippen molar-refractivity contribution in [1.29, 1.82) is 0 Å². The normalized spacial score (nSPS) is 30.2. The number of methoxy groups -OCH3 is 1. The summed E-state index contributed by atoms with van der Waals surface area (Å²) in [6.45, 7) is 0. The van der Waals surface area contributed by atoms with Gasteiger partial charge >= 0.3 is 5.97 Å². The number of hydrogen-bond acceptors (Lipinski definition) is 4. The Bertz CT molecular complexity index is 606. The van der Waals surface area contributed by atoms with E-state index in [2.05, 4.69) is 0 Å². The van der Waals surface area contributed by atoms with Gasteiger partial charge in [-0.2, -0.15) is 0 Å². The van der Waals surface area contributed by atoms with E-state index in [9.17, 15) is 14.7 Å². The predicted molar refractivity (Wildman–Crippen MR) is 80.6 cm³/mol. The molecule has 1 aromatic carbocycles. The summed E-state index contributed by atoms with van der Waals surface area (Å²) in [5.74, 6) is -1.33. The van der Waals surface area contributed by atoms with Crippen molar-refractivity contribution in [3.63, 3.8) is 0 Å². The third-order valence-corrected chi connectivity index (χ3v) is 5.03. The van der Waals surface area contributed by atoms with Crippen molar-refractivity contribution in [3.05, 3.63) is 34.9 Å². The van der Waals surface area contributed by atoms with Crippen LogP contribution in [-0.4, -0.2) is 47.2 Å². The molecular weight excluding hydrogens is 306 g/mol. The smallest absolute Gasteiger partial charge is 0.313 e. The molecule has 1 N–H and O–H groups in total. The predicted octanol–water partition coefficient (Wildman–Crippen LogP) is 1.87. The highest BCUT2D eigenvalue weighted by Crippen LogP contribution is 2.41. The summed E-state index contributed by atoms with van der Waals surface area (Å²) in [6, 6.07) is 6.51. The topological polar surface area (TPSA) is 66.8 Å². The van der Waals surface area contributed by atoms with E-state index < -0.39 is 18.0 Å². The van der Waals surface area contributed by atoms with Crippen molar-refractivity contribution in [2.24, 2.45) is 5.92 Å². The summed E-state index contributed by atoms with van der Waals surface area (Å²) < 4.78 is 4.81. The van der Waals surface area contributed by atoms with Gasteiger partial charge in [-0.15, -0.1) is 0 Å². The SMILES string of the molecule is COC(=O)C1C(O)CC2CCC1N2C(=O)c1ccccc1Cl. The van der Waals surface area contributed by atoms with Gasteiger partial charge in [0.05, 0.1) is 23.8 Å². The summed E-state index contributed by atoms with van der Waals surface area (Å²) in [6.07, 6.45) is 1.11. The first kappa shape index (κ1) is 15.3. The number of nitrogens with zero attached hydrogens (tertiary/aromatic N) is 1. The lowest BCUT2D eigenvalue weighted by molar-refractivity contribution is -0.155. The van der Waals surface area contributed by atoms with Crippen molar-refractivity contribution in [3.8, 4) is 0 Å². The van der Waals surface area contributed by atoms with Crippen LogP contribution in [0.15, 0.2) is 24.3 Å². The molecule has 2 saturated heterocycles. The lowest BCUT2D eigenvalue weighted by Gasteiger charge is -2.41. The van der Waals surface area contributed by atoms with Gasteiger partial charge in [-0.3, -0.25) is 9.59 Å². The van der Waals surface area contributed by atoms with E-state index in [1.165, 1.54) is 7.11 Å². The van der Waals surface area contributed by atoms with E-state index in [0.29, 0.717) is 23.4 Å². The van der Waals surface area contributed by atoms with Crippen LogP contribution in [0, 0.1) is 5.92 Å². The lowest BCUT2D eigenvalue weighted by Crippen LogP contribution is -2.56. The highest BCUT2D eigenvalue weighted by atomic mass is 35.5. The number of benzene rings is 1. The van der Waals surface area contributed by atoms with E-state index >= 15 is 0 Å². The molecule has 2 aliphatic rings. The van der Waals surface area contributed by atoms with E-state index in [0.717, 1.165) is 6.42 Å². The van der Waals surface area contributed by atoms with Crippen LogP contribution in [0.1, 0.15) is 29.6 Å². The third kappa shape index (κ3) is 2.38. The fourth-order valence-corrected chi connectivity index (χ4v) is 3.93. The maximum absolute atomic E-state index is 12.9. The molecule has 2 fully saturated rings. The molecule has 0 aliphatic carbocycles. The van der Waals surface area contributed by atoms with Gasteiger partial charge in [0.2, 0.25) is 0 Å². The Balaban J connectivity index is 1.93. The van der Waals surface area contributed by atoms with Crippen LogP contribution in [0.5, 0.6) is 0 Å². The first-order chi connectivity index (χ1) is 10.5. The molecule has 2 bridgehead atoms. The maximum atomic E-state index is 12.9. The number of hydrogen-bond donors (Lipinski definition) is 1. The maximum Gasteiger partial charge on any atom is 0.313 e. The van der Waals surface area contributed by atoms with Crippen LogP contribution in [0.3, 0.4) is 0 Å². The molecule has 2 heterocycles. The van der Waals surface area contributed by atoms with Crippen molar-refractivity contribution in [2.45, 2.75) is 37.5 Å². The third-order valence-electron chi connectivity index (χ3n) is 4.70. The summed E-state index contributed by atoms with van der Waals surface area (Å²) in [4.78, 5) is 26.6. The first-order valence-electron chi connectivity index (χ1n) is 7.37. The molecule has 118 valence electrons. The summed E-state index contributed by atoms with van der Waals surface area (Å²) >= 11 is 6.12. The van der Waals surface area contributed by atoms with Gasteiger partial charge in [-0.05, 0) is 31.4 Å². The molecule has 0 radical (unpaired) electrons. The number of aliphatic hydroxyl groups excluding tert-OH is 1. The van der Waals surface area contributed by atoms with Crippen molar-refractivity contribution in [2.75, 3.05) is 7.11 Å². The molecule has 0 spiro atoms. The highest BCUT2D eigenvalue weighted by Gasteiger charge is 2.52. The zero-order chi connectivity index (χ0) is 15.9. The number of carbonyl (C=O) groups excluding carboxylic acids is 2. The quantitative estimate of drug-likeness (QED) is 0.844. The molecule has 6 heteroatoms. The average Bonchev–Trinajstić information content (AvgIpc) is 2.82. The van der Waals surface area contributed by atoms with Gasteiger partial charge in [0.25, 0.3) is 5.91 Å². The average molecular weight is 324 g/mol. The number of piperidine rings is 1. The zero-order valence-electron chi connectivity index (χ0n) is 12.2. The number of fused-ring (bicyclic) bond motifs is 2. The number of ether oxygens (including phenoxy) is 1. The molecular formula is C16H18ClNO4. The number of carbonyl (C=O) groups is 2. The monoisotopic (exact) mass is 323 g/mol. The fraction of sp³-hybridized carbons (Fsp3) is 0.500. The zero-order valence-corrected chi connectivity index (χ0v) is 13.0. The van der Waals surface area contributed by atoms with E-state index in [1.54, 1.807) is 29.2 Å². The van der Waals surface area contributed by atoms with Gasteiger partial charge in [0, 0.05) is 12.1 Å². The Morgan fingerprint density at radius 2 is 2.05 bits per heavy atom. The molecule has 5 nitrogen and oxygen atoms in total. The molecule has 1 amide bonds. The minimum atomic E-state index is -0.764. The van der Waals surface area contributed by atoms with E-state index in [-0.39, 0.29) is 18.0 Å². The van der Waals surface area contributed by atoms with Gasteiger partial charge in [-0.25, -0.2) is 0 Å². The van der Waals surface area contributed by atoms with Crippen LogP contribution < -0.4 is 0 Å². The summed E-state index contributed by atoms with van der Waals surface area (Å²) in [5.41, 5.74) is 0.432. The summed E-state index contributed by atoms with van der Waals surface area (Å²) in [5, 5.41) is 10.6. The molecule has 3 rings (SSSR count). The minimum absolute atomic E-state index is 0.0512. The molecule has 4 atom stereocenters. The largest absolute Gasteiger partial charge is 0.469 e. The van der Waals surface area contributed by atoms with Crippen LogP contribution in [0.2, 0.25) is 5.02 Å². The number of aliphatic hydroxyl groups is 1. The Morgan fingerprint density at radius 1 is 1.32 bits per heavy atom. The second-order valence-electron chi connectivity index (χ2n) is 5.84. The van der Waals surface area contributed by atoms with Crippen LogP contribution in [0.4, 0.5) is 0 Å². The Hall–Kier alpha value is -1.59. The molecule has 1 aromatic rings. The molecule has 2 aliphatic heterocycles. The van der Waals surface area contributed by atoms with E-state index in [1.807, 2.05) is 0 Å². The second-order valence-corrected chi connectivity index (χ2v) is 6.25. The number of amides is 1. The first-order valence-corrected chi connectivity index (χ1v) is 7.75. The summed E-state index contributed by atoms with van der Waals surface area (Å²) in [7, 11) is 1.30. The number of halogens is 1.